The third-order valence-electron chi connectivity index (χ3n) is 6.13. The Bertz CT molecular complexity index is 698. The molecule has 0 spiro atoms. The number of carbonyl (C=O) groups excluding carboxylic acids is 1. The molecule has 5 heteroatoms. The number of benzene rings is 1. The number of nitrogens with zero attached hydrogens (tertiary/aromatic N) is 1. The Hall–Kier alpha value is -1.43. The van der Waals surface area contributed by atoms with Crippen LogP contribution < -0.4 is 5.32 Å². The number of morpholine rings is 1. The zero-order valence-corrected chi connectivity index (χ0v) is 16.8. The van der Waals surface area contributed by atoms with E-state index in [1.165, 1.54) is 22.3 Å². The van der Waals surface area contributed by atoms with Crippen LogP contribution in [0.5, 0.6) is 0 Å². The van der Waals surface area contributed by atoms with Gasteiger partial charge in [0.25, 0.3) is 0 Å². The minimum atomic E-state index is 0.0417. The fourth-order valence-corrected chi connectivity index (χ4v) is 4.38. The van der Waals surface area contributed by atoms with Crippen LogP contribution in [0.4, 0.5) is 0 Å². The van der Waals surface area contributed by atoms with E-state index >= 15 is 0 Å². The van der Waals surface area contributed by atoms with Gasteiger partial charge in [-0.15, -0.1) is 0 Å². The number of amides is 1. The van der Waals surface area contributed by atoms with E-state index in [-0.39, 0.29) is 23.3 Å². The summed E-state index contributed by atoms with van der Waals surface area (Å²) in [5, 5.41) is 3.61. The number of hydrogen-bond acceptors (Lipinski definition) is 4. The minimum Gasteiger partial charge on any atom is -0.381 e. The van der Waals surface area contributed by atoms with Gasteiger partial charge in [-0.05, 0) is 40.5 Å². The molecule has 4 rings (SSSR count). The molecule has 1 aromatic rings. The van der Waals surface area contributed by atoms with Crippen LogP contribution in [-0.2, 0) is 32.6 Å². The van der Waals surface area contributed by atoms with E-state index in [0.29, 0.717) is 26.4 Å². The molecule has 0 bridgehead atoms. The molecule has 2 saturated heterocycles. The van der Waals surface area contributed by atoms with E-state index in [1.54, 1.807) is 0 Å². The quantitative estimate of drug-likeness (QED) is 0.867. The van der Waals surface area contributed by atoms with E-state index in [9.17, 15) is 4.79 Å². The molecule has 1 amide bonds. The Balaban J connectivity index is 1.66. The molecule has 3 aliphatic heterocycles. The molecule has 0 aromatic heterocycles. The van der Waals surface area contributed by atoms with Gasteiger partial charge in [-0.25, -0.2) is 0 Å². The highest BCUT2D eigenvalue weighted by molar-refractivity contribution is 5.79. The Labute approximate surface area is 162 Å². The van der Waals surface area contributed by atoms with E-state index < -0.39 is 0 Å². The largest absolute Gasteiger partial charge is 0.381 e. The van der Waals surface area contributed by atoms with Crippen molar-refractivity contribution in [2.75, 3.05) is 39.5 Å². The molecule has 2 atom stereocenters. The van der Waals surface area contributed by atoms with E-state index in [0.717, 1.165) is 32.5 Å². The van der Waals surface area contributed by atoms with E-state index in [4.69, 9.17) is 9.47 Å². The van der Waals surface area contributed by atoms with Crippen LogP contribution >= 0.6 is 0 Å². The Morgan fingerprint density at radius 1 is 1.19 bits per heavy atom. The molecule has 0 aliphatic carbocycles. The fourth-order valence-electron chi connectivity index (χ4n) is 4.38. The third kappa shape index (κ3) is 3.91. The molecule has 0 saturated carbocycles. The van der Waals surface area contributed by atoms with Crippen LogP contribution in [-0.4, -0.2) is 50.3 Å². The molecule has 3 heterocycles. The number of rotatable bonds is 2. The van der Waals surface area contributed by atoms with Gasteiger partial charge in [-0.2, -0.15) is 0 Å². The van der Waals surface area contributed by atoms with Crippen LogP contribution in [0, 0.1) is 5.92 Å². The lowest BCUT2D eigenvalue weighted by Crippen LogP contribution is -2.42. The monoisotopic (exact) mass is 372 g/mol. The van der Waals surface area contributed by atoms with Crippen LogP contribution in [0.1, 0.15) is 55.5 Å². The molecular weight excluding hydrogens is 340 g/mol. The maximum atomic E-state index is 12.9. The smallest absolute Gasteiger partial charge is 0.228 e. The predicted octanol–water partition coefficient (Wildman–Crippen LogP) is 2.57. The lowest BCUT2D eigenvalue weighted by Gasteiger charge is -2.36. The van der Waals surface area contributed by atoms with Crippen molar-refractivity contribution in [2.45, 2.75) is 51.6 Å². The Kier molecular flexibility index (Phi) is 5.28. The lowest BCUT2D eigenvalue weighted by molar-refractivity contribution is -0.136. The van der Waals surface area contributed by atoms with Crippen molar-refractivity contribution in [3.63, 3.8) is 0 Å². The second kappa shape index (κ2) is 7.53. The summed E-state index contributed by atoms with van der Waals surface area (Å²) in [5.74, 6) is 0.303. The van der Waals surface area contributed by atoms with Gasteiger partial charge in [-0.1, -0.05) is 32.9 Å². The van der Waals surface area contributed by atoms with Gasteiger partial charge in [0.2, 0.25) is 5.91 Å². The number of nitrogens with one attached hydrogen (secondary N) is 1. The average molecular weight is 373 g/mol. The summed E-state index contributed by atoms with van der Waals surface area (Å²) in [5.41, 5.74) is 5.51. The molecule has 1 aromatic carbocycles. The molecule has 148 valence electrons. The van der Waals surface area contributed by atoms with Crippen molar-refractivity contribution in [1.82, 2.24) is 10.2 Å². The summed E-state index contributed by atoms with van der Waals surface area (Å²) < 4.78 is 11.2. The first kappa shape index (κ1) is 18.9. The average Bonchev–Trinajstić information content (AvgIpc) is 3.21. The van der Waals surface area contributed by atoms with E-state index in [1.807, 2.05) is 4.90 Å². The maximum absolute atomic E-state index is 12.9. The van der Waals surface area contributed by atoms with Crippen LogP contribution in [0.3, 0.4) is 0 Å². The normalized spacial score (nSPS) is 26.1. The lowest BCUT2D eigenvalue weighted by atomic mass is 9.80. The summed E-state index contributed by atoms with van der Waals surface area (Å²) in [7, 11) is 0. The first-order chi connectivity index (χ1) is 12.9. The van der Waals surface area contributed by atoms with Gasteiger partial charge in [0, 0.05) is 26.2 Å². The predicted molar refractivity (Wildman–Crippen MR) is 105 cm³/mol. The summed E-state index contributed by atoms with van der Waals surface area (Å²) in [6, 6.07) is 4.92. The van der Waals surface area contributed by atoms with Crippen LogP contribution in [0.15, 0.2) is 12.1 Å². The number of carbonyl (C=O) groups is 1. The van der Waals surface area contributed by atoms with Gasteiger partial charge < -0.3 is 19.7 Å². The molecule has 5 nitrogen and oxygen atoms in total. The van der Waals surface area contributed by atoms with Gasteiger partial charge in [0.1, 0.15) is 0 Å². The molecular formula is C22H32N2O3. The van der Waals surface area contributed by atoms with Crippen molar-refractivity contribution in [3.05, 3.63) is 34.4 Å². The first-order valence-corrected chi connectivity index (χ1v) is 10.3. The third-order valence-corrected chi connectivity index (χ3v) is 6.13. The molecule has 0 unspecified atom stereocenters. The molecule has 0 radical (unpaired) electrons. The second-order valence-corrected chi connectivity index (χ2v) is 9.11. The molecule has 27 heavy (non-hydrogen) atoms. The van der Waals surface area contributed by atoms with Gasteiger partial charge in [0.15, 0.2) is 0 Å². The van der Waals surface area contributed by atoms with Crippen LogP contribution in [0.2, 0.25) is 0 Å². The van der Waals surface area contributed by atoms with Crippen molar-refractivity contribution in [1.29, 1.82) is 0 Å². The van der Waals surface area contributed by atoms with Crippen molar-refractivity contribution >= 4 is 5.91 Å². The zero-order valence-electron chi connectivity index (χ0n) is 16.8. The Morgan fingerprint density at radius 3 is 2.67 bits per heavy atom. The Morgan fingerprint density at radius 2 is 2.00 bits per heavy atom. The summed E-state index contributed by atoms with van der Waals surface area (Å²) in [4.78, 5) is 15.0. The second-order valence-electron chi connectivity index (χ2n) is 9.11. The fraction of sp³-hybridized carbons (Fsp3) is 0.682. The number of ether oxygens (including phenoxy) is 2. The highest BCUT2D eigenvalue weighted by atomic mass is 16.5. The highest BCUT2D eigenvalue weighted by Gasteiger charge is 2.33. The maximum Gasteiger partial charge on any atom is 0.228 e. The summed E-state index contributed by atoms with van der Waals surface area (Å²) in [6.45, 7) is 12.0. The van der Waals surface area contributed by atoms with Gasteiger partial charge in [-0.3, -0.25) is 4.79 Å². The molecule has 1 N–H and O–H groups in total. The summed E-state index contributed by atoms with van der Waals surface area (Å²) >= 11 is 0. The highest BCUT2D eigenvalue weighted by Crippen LogP contribution is 2.34. The van der Waals surface area contributed by atoms with E-state index in [2.05, 4.69) is 38.2 Å². The molecule has 3 aliphatic rings. The topological polar surface area (TPSA) is 50.8 Å². The van der Waals surface area contributed by atoms with Crippen LogP contribution in [0.25, 0.3) is 0 Å². The van der Waals surface area contributed by atoms with Gasteiger partial charge in [0.05, 0.1) is 31.8 Å². The van der Waals surface area contributed by atoms with Crippen molar-refractivity contribution < 1.29 is 14.3 Å². The first-order valence-electron chi connectivity index (χ1n) is 10.3. The van der Waals surface area contributed by atoms with Crippen molar-refractivity contribution in [2.24, 2.45) is 5.92 Å². The molecule has 2 fully saturated rings. The van der Waals surface area contributed by atoms with Gasteiger partial charge >= 0.3 is 0 Å². The standard InChI is InChI=1S/C22H32N2O3/c1-22(2,3)17-10-15-4-7-24(21(25)16-5-8-26-13-16)12-19(15)18(11-17)20-14-27-9-6-23-20/h10-11,16,20,23H,4-9,12-14H2,1-3H3/t16-,20-/m0/s1. The zero-order chi connectivity index (χ0) is 19.0. The summed E-state index contributed by atoms with van der Waals surface area (Å²) in [6.07, 6.45) is 1.79. The number of hydrogen-bond donors (Lipinski definition) is 1. The minimum absolute atomic E-state index is 0.0417. The number of fused-ring (bicyclic) bond motifs is 1. The SMILES string of the molecule is CC(C)(C)c1cc2c(c([C@@H]3COCCN3)c1)CN(C(=O)[C@H]1CCOC1)CC2. The van der Waals surface area contributed by atoms with Crippen molar-refractivity contribution in [3.8, 4) is 0 Å².